The molecule has 0 saturated carbocycles. The predicted octanol–water partition coefficient (Wildman–Crippen LogP) is 0.386. The smallest absolute Gasteiger partial charge is 0.365 e. The Kier molecular flexibility index (Phi) is 2.67. The van der Waals surface area contributed by atoms with E-state index in [9.17, 15) is 13.2 Å². The lowest BCUT2D eigenvalue weighted by molar-refractivity contribution is 0.0696. The third-order valence-electron chi connectivity index (χ3n) is 1.14. The van der Waals surface area contributed by atoms with Gasteiger partial charge in [-0.3, -0.25) is 0 Å². The number of hydrogen-bond donors (Lipinski definition) is 1. The first-order chi connectivity index (χ1) is 5.88. The standard InChI is InChI=1S/C6H7NO4S2/c1-13(10,11)3-4-2-7-5(12-4)6(8)9/h2H,3H2,1H3,(H,8,9). The summed E-state index contributed by atoms with van der Waals surface area (Å²) in [6.07, 6.45) is 2.36. The molecule has 0 atom stereocenters. The number of carboxylic acids is 1. The molecule has 0 aliphatic heterocycles. The van der Waals surface area contributed by atoms with Crippen LogP contribution in [0.25, 0.3) is 0 Å². The maximum absolute atomic E-state index is 10.8. The average Bonchev–Trinajstić information content (AvgIpc) is 2.31. The third kappa shape index (κ3) is 3.11. The lowest BCUT2D eigenvalue weighted by Crippen LogP contribution is -1.98. The highest BCUT2D eigenvalue weighted by Crippen LogP contribution is 2.15. The fourth-order valence-corrected chi connectivity index (χ4v) is 2.75. The second-order valence-corrected chi connectivity index (χ2v) is 5.76. The first-order valence-electron chi connectivity index (χ1n) is 3.24. The fourth-order valence-electron chi connectivity index (χ4n) is 0.732. The molecule has 0 aliphatic carbocycles. The van der Waals surface area contributed by atoms with Gasteiger partial charge in [-0.1, -0.05) is 0 Å². The van der Waals surface area contributed by atoms with Crippen LogP contribution in [0.5, 0.6) is 0 Å². The van der Waals surface area contributed by atoms with E-state index in [2.05, 4.69) is 4.98 Å². The lowest BCUT2D eigenvalue weighted by Gasteiger charge is -1.90. The minimum absolute atomic E-state index is 0.0846. The summed E-state index contributed by atoms with van der Waals surface area (Å²) in [5.74, 6) is -1.29. The number of nitrogens with zero attached hydrogens (tertiary/aromatic N) is 1. The normalized spacial score (nSPS) is 11.5. The molecule has 0 saturated heterocycles. The van der Waals surface area contributed by atoms with Gasteiger partial charge in [-0.25, -0.2) is 18.2 Å². The maximum atomic E-state index is 10.8. The topological polar surface area (TPSA) is 84.3 Å². The van der Waals surface area contributed by atoms with Crippen molar-refractivity contribution in [1.82, 2.24) is 4.98 Å². The van der Waals surface area contributed by atoms with Crippen LogP contribution in [0.2, 0.25) is 0 Å². The van der Waals surface area contributed by atoms with Crippen LogP contribution in [0.4, 0.5) is 0 Å². The van der Waals surface area contributed by atoms with Crippen LogP contribution in [0.3, 0.4) is 0 Å². The Bertz CT molecular complexity index is 420. The number of aromatic carboxylic acids is 1. The van der Waals surface area contributed by atoms with Crippen molar-refractivity contribution in [3.63, 3.8) is 0 Å². The summed E-state index contributed by atoms with van der Waals surface area (Å²) in [7, 11) is -3.11. The van der Waals surface area contributed by atoms with Gasteiger partial charge in [0.1, 0.15) is 0 Å². The molecule has 0 fully saturated rings. The molecule has 72 valence electrons. The van der Waals surface area contributed by atoms with Crippen molar-refractivity contribution in [1.29, 1.82) is 0 Å². The Morgan fingerprint density at radius 1 is 1.69 bits per heavy atom. The monoisotopic (exact) mass is 221 g/mol. The molecular weight excluding hydrogens is 214 g/mol. The van der Waals surface area contributed by atoms with E-state index < -0.39 is 15.8 Å². The summed E-state index contributed by atoms with van der Waals surface area (Å²) in [5.41, 5.74) is 0. The molecule has 1 rings (SSSR count). The number of hydrogen-bond acceptors (Lipinski definition) is 5. The number of rotatable bonds is 3. The number of thiazole rings is 1. The predicted molar refractivity (Wildman–Crippen MR) is 47.6 cm³/mol. The molecule has 1 N–H and O–H groups in total. The molecule has 0 aromatic carbocycles. The van der Waals surface area contributed by atoms with Gasteiger partial charge in [0.15, 0.2) is 9.84 Å². The Morgan fingerprint density at radius 2 is 2.31 bits per heavy atom. The van der Waals surface area contributed by atoms with Crippen LogP contribution in [0.1, 0.15) is 14.7 Å². The molecule has 0 spiro atoms. The Hall–Kier alpha value is -0.950. The van der Waals surface area contributed by atoms with Gasteiger partial charge < -0.3 is 5.11 Å². The summed E-state index contributed by atoms with van der Waals surface area (Å²) < 4.78 is 21.6. The first-order valence-corrected chi connectivity index (χ1v) is 6.12. The van der Waals surface area contributed by atoms with Crippen LogP contribution in [0, 0.1) is 0 Å². The molecule has 5 nitrogen and oxygen atoms in total. The zero-order valence-corrected chi connectivity index (χ0v) is 8.35. The highest BCUT2D eigenvalue weighted by atomic mass is 32.2. The SMILES string of the molecule is CS(=O)(=O)Cc1cnc(C(=O)O)s1. The van der Waals surface area contributed by atoms with E-state index >= 15 is 0 Å². The Labute approximate surface area is 79.0 Å². The second-order valence-electron chi connectivity index (χ2n) is 2.51. The molecule has 7 heteroatoms. The largest absolute Gasteiger partial charge is 0.476 e. The van der Waals surface area contributed by atoms with Crippen LogP contribution < -0.4 is 0 Å². The van der Waals surface area contributed by atoms with E-state index in [0.29, 0.717) is 4.88 Å². The van der Waals surface area contributed by atoms with Crippen molar-refractivity contribution in [2.75, 3.05) is 6.26 Å². The second kappa shape index (κ2) is 3.43. The van der Waals surface area contributed by atoms with Gasteiger partial charge in [0, 0.05) is 17.3 Å². The summed E-state index contributed by atoms with van der Waals surface area (Å²) in [6.45, 7) is 0. The Balaban J connectivity index is 2.87. The van der Waals surface area contributed by atoms with Gasteiger partial charge in [-0.15, -0.1) is 11.3 Å². The zero-order valence-electron chi connectivity index (χ0n) is 6.72. The van der Waals surface area contributed by atoms with E-state index in [-0.39, 0.29) is 10.8 Å². The maximum Gasteiger partial charge on any atom is 0.365 e. The molecule has 13 heavy (non-hydrogen) atoms. The van der Waals surface area contributed by atoms with Crippen molar-refractivity contribution in [3.8, 4) is 0 Å². The van der Waals surface area contributed by atoms with E-state index in [0.717, 1.165) is 17.6 Å². The summed E-state index contributed by atoms with van der Waals surface area (Å²) in [4.78, 5) is 14.4. The van der Waals surface area contributed by atoms with Crippen molar-refractivity contribution in [2.45, 2.75) is 5.75 Å². The van der Waals surface area contributed by atoms with Gasteiger partial charge in [0.25, 0.3) is 0 Å². The summed E-state index contributed by atoms with van der Waals surface area (Å²) in [5, 5.41) is 8.41. The van der Waals surface area contributed by atoms with E-state index in [1.165, 1.54) is 6.20 Å². The molecule has 1 heterocycles. The third-order valence-corrected chi connectivity index (χ3v) is 3.14. The Morgan fingerprint density at radius 3 is 2.69 bits per heavy atom. The van der Waals surface area contributed by atoms with Gasteiger partial charge in [0.05, 0.1) is 5.75 Å². The van der Waals surface area contributed by atoms with Gasteiger partial charge >= 0.3 is 5.97 Å². The van der Waals surface area contributed by atoms with Crippen LogP contribution in [-0.4, -0.2) is 30.7 Å². The van der Waals surface area contributed by atoms with Gasteiger partial charge in [0.2, 0.25) is 5.01 Å². The lowest BCUT2D eigenvalue weighted by atomic mass is 10.6. The minimum Gasteiger partial charge on any atom is -0.476 e. The minimum atomic E-state index is -3.11. The molecular formula is C6H7NO4S2. The molecule has 0 bridgehead atoms. The fraction of sp³-hybridized carbons (Fsp3) is 0.333. The number of carboxylic acid groups (broad SMARTS) is 1. The molecule has 0 radical (unpaired) electrons. The molecule has 1 aromatic heterocycles. The molecule has 0 aliphatic rings. The highest BCUT2D eigenvalue weighted by Gasteiger charge is 2.12. The van der Waals surface area contributed by atoms with E-state index in [1.54, 1.807) is 0 Å². The van der Waals surface area contributed by atoms with Crippen molar-refractivity contribution < 1.29 is 18.3 Å². The molecule has 1 aromatic rings. The first kappa shape index (κ1) is 10.1. The van der Waals surface area contributed by atoms with Gasteiger partial charge in [-0.2, -0.15) is 0 Å². The van der Waals surface area contributed by atoms with Crippen molar-refractivity contribution in [2.24, 2.45) is 0 Å². The quantitative estimate of drug-likeness (QED) is 0.797. The van der Waals surface area contributed by atoms with Crippen molar-refractivity contribution >= 4 is 27.1 Å². The van der Waals surface area contributed by atoms with Crippen LogP contribution in [-0.2, 0) is 15.6 Å². The average molecular weight is 221 g/mol. The van der Waals surface area contributed by atoms with Crippen molar-refractivity contribution in [3.05, 3.63) is 16.1 Å². The molecule has 0 amide bonds. The van der Waals surface area contributed by atoms with Crippen LogP contribution >= 0.6 is 11.3 Å². The number of sulfone groups is 1. The van der Waals surface area contributed by atoms with E-state index in [4.69, 9.17) is 5.11 Å². The van der Waals surface area contributed by atoms with Crippen LogP contribution in [0.15, 0.2) is 6.20 Å². The number of aromatic nitrogens is 1. The highest BCUT2D eigenvalue weighted by molar-refractivity contribution is 7.90. The van der Waals surface area contributed by atoms with E-state index in [1.807, 2.05) is 0 Å². The molecule has 0 unspecified atom stereocenters. The number of carbonyl (C=O) groups is 1. The summed E-state index contributed by atoms with van der Waals surface area (Å²) in [6, 6.07) is 0. The van der Waals surface area contributed by atoms with Gasteiger partial charge in [-0.05, 0) is 0 Å². The zero-order chi connectivity index (χ0) is 10.1. The summed E-state index contributed by atoms with van der Waals surface area (Å²) >= 11 is 0.878.